The molecule has 112 valence electrons. The zero-order valence-corrected chi connectivity index (χ0v) is 12.5. The summed E-state index contributed by atoms with van der Waals surface area (Å²) in [5, 5.41) is 8.39. The summed E-state index contributed by atoms with van der Waals surface area (Å²) < 4.78 is 0. The molecule has 2 aliphatic rings. The van der Waals surface area contributed by atoms with Crippen molar-refractivity contribution >= 4 is 23.5 Å². The highest BCUT2D eigenvalue weighted by Crippen LogP contribution is 2.29. The summed E-state index contributed by atoms with van der Waals surface area (Å²) in [6.07, 6.45) is 11.1. The van der Waals surface area contributed by atoms with Crippen LogP contribution in [0.3, 0.4) is 0 Å². The lowest BCUT2D eigenvalue weighted by atomic mass is 9.96. The Morgan fingerprint density at radius 2 is 2.18 bits per heavy atom. The van der Waals surface area contributed by atoms with Crippen molar-refractivity contribution in [2.75, 3.05) is 11.4 Å². The van der Waals surface area contributed by atoms with Crippen LogP contribution in [0.15, 0.2) is 59.3 Å². The second-order valence-electron chi connectivity index (χ2n) is 5.48. The molecule has 1 aliphatic carbocycles. The molecule has 0 N–H and O–H groups in total. The van der Waals surface area contributed by atoms with Crippen LogP contribution in [0, 0.1) is 5.92 Å². The van der Waals surface area contributed by atoms with Gasteiger partial charge in [0.05, 0.1) is 5.69 Å². The molecular formula is C18H19N3O. The first-order valence-electron chi connectivity index (χ1n) is 7.59. The first kappa shape index (κ1) is 14.4. The van der Waals surface area contributed by atoms with Gasteiger partial charge in [0.15, 0.2) is 5.71 Å². The molecule has 1 aromatic rings. The minimum Gasteiger partial charge on any atom is -0.302 e. The van der Waals surface area contributed by atoms with Crippen LogP contribution in [0.4, 0.5) is 5.69 Å². The number of amides is 1. The molecule has 0 unspecified atom stereocenters. The van der Waals surface area contributed by atoms with Gasteiger partial charge in [-0.1, -0.05) is 36.4 Å². The van der Waals surface area contributed by atoms with E-state index in [9.17, 15) is 4.79 Å². The van der Waals surface area contributed by atoms with Gasteiger partial charge in [0.25, 0.3) is 5.91 Å². The minimum atomic E-state index is -0.109. The minimum absolute atomic E-state index is 0.109. The fourth-order valence-corrected chi connectivity index (χ4v) is 2.81. The summed E-state index contributed by atoms with van der Waals surface area (Å²) in [5.74, 6) is 0.312. The maximum Gasteiger partial charge on any atom is 0.279 e. The van der Waals surface area contributed by atoms with Crippen molar-refractivity contribution in [3.63, 3.8) is 0 Å². The number of hydrogen-bond acceptors (Lipinski definition) is 3. The van der Waals surface area contributed by atoms with E-state index in [1.54, 1.807) is 11.0 Å². The van der Waals surface area contributed by atoms with Gasteiger partial charge in [-0.2, -0.15) is 5.10 Å². The molecule has 1 amide bonds. The molecule has 1 atom stereocenters. The van der Waals surface area contributed by atoms with Crippen molar-refractivity contribution in [3.05, 3.63) is 54.6 Å². The molecule has 4 heteroatoms. The molecule has 0 saturated carbocycles. The molecule has 1 aromatic carbocycles. The Bertz CT molecular complexity index is 673. The third-order valence-corrected chi connectivity index (χ3v) is 3.95. The van der Waals surface area contributed by atoms with E-state index in [1.807, 2.05) is 30.5 Å². The number of carbonyl (C=O) groups is 1. The molecule has 4 nitrogen and oxygen atoms in total. The van der Waals surface area contributed by atoms with Crippen molar-refractivity contribution in [2.45, 2.75) is 19.3 Å². The predicted octanol–water partition coefficient (Wildman–Crippen LogP) is 3.35. The summed E-state index contributed by atoms with van der Waals surface area (Å²) in [5.41, 5.74) is 2.14. The van der Waals surface area contributed by atoms with E-state index in [0.717, 1.165) is 30.5 Å². The van der Waals surface area contributed by atoms with E-state index in [2.05, 4.69) is 28.9 Å². The average molecular weight is 293 g/mol. The SMILES string of the molecule is C=CCN1C(=O)/C(=N/N=C\[C@@H]2CC=CCC2)c2ccccc21. The summed E-state index contributed by atoms with van der Waals surface area (Å²) in [7, 11) is 0. The van der Waals surface area contributed by atoms with Crippen LogP contribution >= 0.6 is 0 Å². The molecule has 0 saturated heterocycles. The largest absolute Gasteiger partial charge is 0.302 e. The van der Waals surface area contributed by atoms with E-state index < -0.39 is 0 Å². The second kappa shape index (κ2) is 6.52. The van der Waals surface area contributed by atoms with Crippen molar-refractivity contribution in [2.24, 2.45) is 16.1 Å². The van der Waals surface area contributed by atoms with Crippen molar-refractivity contribution in [1.82, 2.24) is 0 Å². The van der Waals surface area contributed by atoms with Gasteiger partial charge in [-0.05, 0) is 31.2 Å². The lowest BCUT2D eigenvalue weighted by Crippen LogP contribution is -2.30. The molecule has 0 aromatic heterocycles. The first-order chi connectivity index (χ1) is 10.8. The number of para-hydroxylation sites is 1. The van der Waals surface area contributed by atoms with Crippen LogP contribution in [-0.2, 0) is 4.79 Å². The molecule has 1 heterocycles. The summed E-state index contributed by atoms with van der Waals surface area (Å²) in [6, 6.07) is 7.67. The van der Waals surface area contributed by atoms with Crippen LogP contribution in [0.5, 0.6) is 0 Å². The highest BCUT2D eigenvalue weighted by Gasteiger charge is 2.32. The smallest absolute Gasteiger partial charge is 0.279 e. The van der Waals surface area contributed by atoms with Crippen molar-refractivity contribution in [1.29, 1.82) is 0 Å². The Balaban J connectivity index is 1.85. The van der Waals surface area contributed by atoms with Crippen LogP contribution < -0.4 is 4.90 Å². The van der Waals surface area contributed by atoms with E-state index >= 15 is 0 Å². The van der Waals surface area contributed by atoms with E-state index in [4.69, 9.17) is 0 Å². The maximum atomic E-state index is 12.5. The molecule has 0 fully saturated rings. The van der Waals surface area contributed by atoms with Gasteiger partial charge < -0.3 is 4.90 Å². The number of carbonyl (C=O) groups excluding carboxylic acids is 1. The van der Waals surface area contributed by atoms with Gasteiger partial charge in [-0.25, -0.2) is 0 Å². The average Bonchev–Trinajstić information content (AvgIpc) is 2.82. The van der Waals surface area contributed by atoms with E-state index in [0.29, 0.717) is 18.2 Å². The van der Waals surface area contributed by atoms with Crippen LogP contribution in [0.25, 0.3) is 0 Å². The number of nitrogens with zero attached hydrogens (tertiary/aromatic N) is 3. The van der Waals surface area contributed by atoms with Gasteiger partial charge in [0, 0.05) is 18.3 Å². The van der Waals surface area contributed by atoms with Gasteiger partial charge in [0.2, 0.25) is 0 Å². The Morgan fingerprint density at radius 3 is 2.95 bits per heavy atom. The van der Waals surface area contributed by atoms with E-state index in [1.165, 1.54) is 0 Å². The topological polar surface area (TPSA) is 45.0 Å². The van der Waals surface area contributed by atoms with E-state index in [-0.39, 0.29) is 5.91 Å². The van der Waals surface area contributed by atoms with Gasteiger partial charge in [-0.3, -0.25) is 4.79 Å². The zero-order valence-electron chi connectivity index (χ0n) is 12.5. The fraction of sp³-hybridized carbons (Fsp3) is 0.278. The quantitative estimate of drug-likeness (QED) is 0.477. The molecule has 22 heavy (non-hydrogen) atoms. The molecule has 0 bridgehead atoms. The monoisotopic (exact) mass is 293 g/mol. The highest BCUT2D eigenvalue weighted by molar-refractivity contribution is 6.54. The third-order valence-electron chi connectivity index (χ3n) is 3.95. The Hall–Kier alpha value is -2.49. The Labute approximate surface area is 130 Å². The number of benzene rings is 1. The third kappa shape index (κ3) is 2.77. The number of allylic oxidation sites excluding steroid dienone is 2. The second-order valence-corrected chi connectivity index (χ2v) is 5.48. The predicted molar refractivity (Wildman–Crippen MR) is 90.5 cm³/mol. The van der Waals surface area contributed by atoms with Crippen molar-refractivity contribution < 1.29 is 4.79 Å². The van der Waals surface area contributed by atoms with Crippen LogP contribution in [0.2, 0.25) is 0 Å². The van der Waals surface area contributed by atoms with Gasteiger partial charge in [0.1, 0.15) is 0 Å². The number of hydrogen-bond donors (Lipinski definition) is 0. The highest BCUT2D eigenvalue weighted by atomic mass is 16.2. The molecule has 0 spiro atoms. The maximum absolute atomic E-state index is 12.5. The van der Waals surface area contributed by atoms with Gasteiger partial charge >= 0.3 is 0 Å². The summed E-state index contributed by atoms with van der Waals surface area (Å²) in [4.78, 5) is 14.2. The first-order valence-corrected chi connectivity index (χ1v) is 7.59. The number of fused-ring (bicyclic) bond motifs is 1. The Kier molecular flexibility index (Phi) is 4.28. The number of rotatable bonds is 4. The summed E-state index contributed by atoms with van der Waals surface area (Å²) >= 11 is 0. The zero-order chi connectivity index (χ0) is 15.4. The molecule has 3 rings (SSSR count). The molecule has 1 aliphatic heterocycles. The Morgan fingerprint density at radius 1 is 1.32 bits per heavy atom. The lowest BCUT2D eigenvalue weighted by Gasteiger charge is -2.13. The molecular weight excluding hydrogens is 274 g/mol. The van der Waals surface area contributed by atoms with Crippen LogP contribution in [-0.4, -0.2) is 24.4 Å². The fourth-order valence-electron chi connectivity index (χ4n) is 2.81. The number of anilines is 1. The lowest BCUT2D eigenvalue weighted by molar-refractivity contribution is -0.112. The van der Waals surface area contributed by atoms with Crippen LogP contribution in [0.1, 0.15) is 24.8 Å². The normalized spacial score (nSPS) is 22.5. The van der Waals surface area contributed by atoms with Crippen molar-refractivity contribution in [3.8, 4) is 0 Å². The van der Waals surface area contributed by atoms with Gasteiger partial charge in [-0.15, -0.1) is 11.7 Å². The summed E-state index contributed by atoms with van der Waals surface area (Å²) in [6.45, 7) is 4.19. The standard InChI is InChI=1S/C18H19N3O/c1-2-12-21-16-11-7-6-10-15(16)17(18(21)22)20-19-13-14-8-4-3-5-9-14/h2-4,6-7,10-11,13-14H,1,5,8-9,12H2/b19-13-,20-17+/t14-/m1/s1. The molecule has 0 radical (unpaired) electrons.